The molecule has 2 rings (SSSR count). The van der Waals surface area contributed by atoms with E-state index >= 15 is 0 Å². The molecule has 0 spiro atoms. The summed E-state index contributed by atoms with van der Waals surface area (Å²) in [6.07, 6.45) is 9.06. The largest absolute Gasteiger partial charge is 0.273 e. The third-order valence-corrected chi connectivity index (χ3v) is 4.41. The normalized spacial score (nSPS) is 15.3. The standard InChI is InChI=1S/C17H23ClN2O2/c18-15-11-9-14(10-12-15)17(22)20-19-16(21)8-4-7-13-5-2-1-3-6-13/h9-13H,1-8H2,(H,19,21)(H,20,22). The van der Waals surface area contributed by atoms with Crippen molar-refractivity contribution < 1.29 is 9.59 Å². The van der Waals surface area contributed by atoms with Gasteiger partial charge in [-0.05, 0) is 43.0 Å². The van der Waals surface area contributed by atoms with Gasteiger partial charge in [0.15, 0.2) is 0 Å². The minimum Gasteiger partial charge on any atom is -0.273 e. The highest BCUT2D eigenvalue weighted by molar-refractivity contribution is 6.30. The molecular weight excluding hydrogens is 300 g/mol. The number of carbonyl (C=O) groups excluding carboxylic acids is 2. The van der Waals surface area contributed by atoms with Crippen molar-refractivity contribution in [1.82, 2.24) is 10.9 Å². The molecular formula is C17H23ClN2O2. The van der Waals surface area contributed by atoms with Gasteiger partial charge in [-0.25, -0.2) is 0 Å². The first-order valence-corrected chi connectivity index (χ1v) is 8.37. The number of rotatable bonds is 5. The van der Waals surface area contributed by atoms with E-state index in [1.165, 1.54) is 32.1 Å². The van der Waals surface area contributed by atoms with Crippen molar-refractivity contribution in [3.05, 3.63) is 34.9 Å². The number of benzene rings is 1. The summed E-state index contributed by atoms with van der Waals surface area (Å²) in [6.45, 7) is 0. The van der Waals surface area contributed by atoms with Crippen molar-refractivity contribution in [2.75, 3.05) is 0 Å². The quantitative estimate of drug-likeness (QED) is 0.809. The average molecular weight is 323 g/mol. The van der Waals surface area contributed by atoms with Gasteiger partial charge in [0, 0.05) is 17.0 Å². The van der Waals surface area contributed by atoms with Gasteiger partial charge in [-0.1, -0.05) is 43.7 Å². The Labute approximate surface area is 136 Å². The predicted molar refractivity (Wildman–Crippen MR) is 87.5 cm³/mol. The molecule has 0 saturated heterocycles. The van der Waals surface area contributed by atoms with Crippen LogP contribution in [0.1, 0.15) is 61.7 Å². The van der Waals surface area contributed by atoms with Gasteiger partial charge in [0.2, 0.25) is 5.91 Å². The fourth-order valence-electron chi connectivity index (χ4n) is 2.89. The minimum absolute atomic E-state index is 0.141. The van der Waals surface area contributed by atoms with Crippen molar-refractivity contribution in [2.24, 2.45) is 5.92 Å². The van der Waals surface area contributed by atoms with E-state index in [-0.39, 0.29) is 11.8 Å². The Morgan fingerprint density at radius 2 is 1.73 bits per heavy atom. The van der Waals surface area contributed by atoms with E-state index in [1.807, 2.05) is 0 Å². The predicted octanol–water partition coefficient (Wildman–Crippen LogP) is 3.85. The lowest BCUT2D eigenvalue weighted by Gasteiger charge is -2.21. The molecule has 1 aromatic carbocycles. The summed E-state index contributed by atoms with van der Waals surface area (Å²) >= 11 is 5.76. The van der Waals surface area contributed by atoms with Crippen molar-refractivity contribution in [2.45, 2.75) is 51.4 Å². The summed E-state index contributed by atoms with van der Waals surface area (Å²) < 4.78 is 0. The van der Waals surface area contributed by atoms with Gasteiger partial charge >= 0.3 is 0 Å². The summed E-state index contributed by atoms with van der Waals surface area (Å²) in [5.74, 6) is 0.306. The zero-order valence-electron chi connectivity index (χ0n) is 12.7. The highest BCUT2D eigenvalue weighted by Gasteiger charge is 2.14. The molecule has 120 valence electrons. The summed E-state index contributed by atoms with van der Waals surface area (Å²) in [6, 6.07) is 6.52. The number of carbonyl (C=O) groups is 2. The molecule has 1 aliphatic carbocycles. The van der Waals surface area contributed by atoms with Crippen LogP contribution in [-0.2, 0) is 4.79 Å². The topological polar surface area (TPSA) is 58.2 Å². The number of hydrogen-bond donors (Lipinski definition) is 2. The maximum absolute atomic E-state index is 11.8. The molecule has 1 aliphatic rings. The molecule has 0 unspecified atom stereocenters. The summed E-state index contributed by atoms with van der Waals surface area (Å²) in [5, 5.41) is 0.572. The van der Waals surface area contributed by atoms with Crippen LogP contribution in [0.5, 0.6) is 0 Å². The fraction of sp³-hybridized carbons (Fsp3) is 0.529. The van der Waals surface area contributed by atoms with E-state index in [1.54, 1.807) is 24.3 Å². The molecule has 0 atom stereocenters. The van der Waals surface area contributed by atoms with E-state index < -0.39 is 0 Å². The first kappa shape index (κ1) is 16.8. The molecule has 0 bridgehead atoms. The lowest BCUT2D eigenvalue weighted by Crippen LogP contribution is -2.41. The Morgan fingerprint density at radius 3 is 2.41 bits per heavy atom. The summed E-state index contributed by atoms with van der Waals surface area (Å²) in [7, 11) is 0. The van der Waals surface area contributed by atoms with Gasteiger partial charge in [0.05, 0.1) is 0 Å². The van der Waals surface area contributed by atoms with E-state index in [9.17, 15) is 9.59 Å². The van der Waals surface area contributed by atoms with Crippen molar-refractivity contribution in [3.63, 3.8) is 0 Å². The maximum atomic E-state index is 11.8. The second-order valence-electron chi connectivity index (χ2n) is 5.91. The fourth-order valence-corrected chi connectivity index (χ4v) is 3.02. The molecule has 2 N–H and O–H groups in total. The van der Waals surface area contributed by atoms with Gasteiger partial charge in [-0.3, -0.25) is 20.4 Å². The highest BCUT2D eigenvalue weighted by atomic mass is 35.5. The van der Waals surface area contributed by atoms with E-state index in [0.29, 0.717) is 17.0 Å². The van der Waals surface area contributed by atoms with Crippen LogP contribution in [0.3, 0.4) is 0 Å². The van der Waals surface area contributed by atoms with Crippen LogP contribution in [-0.4, -0.2) is 11.8 Å². The lowest BCUT2D eigenvalue weighted by molar-refractivity contribution is -0.122. The molecule has 0 aromatic heterocycles. The second kappa shape index (κ2) is 8.79. The molecule has 22 heavy (non-hydrogen) atoms. The van der Waals surface area contributed by atoms with Crippen molar-refractivity contribution >= 4 is 23.4 Å². The SMILES string of the molecule is O=C(CCCC1CCCCC1)NNC(=O)c1ccc(Cl)cc1. The lowest BCUT2D eigenvalue weighted by atomic mass is 9.86. The zero-order valence-corrected chi connectivity index (χ0v) is 13.5. The molecule has 2 amide bonds. The van der Waals surface area contributed by atoms with Crippen LogP contribution in [0.15, 0.2) is 24.3 Å². The molecule has 0 heterocycles. The summed E-state index contributed by atoms with van der Waals surface area (Å²) in [5.41, 5.74) is 5.35. The first-order valence-electron chi connectivity index (χ1n) is 8.00. The Balaban J connectivity index is 1.62. The van der Waals surface area contributed by atoms with Gasteiger partial charge in [0.25, 0.3) is 5.91 Å². The van der Waals surface area contributed by atoms with Crippen LogP contribution >= 0.6 is 11.6 Å². The van der Waals surface area contributed by atoms with Crippen molar-refractivity contribution in [1.29, 1.82) is 0 Å². The van der Waals surface area contributed by atoms with Gasteiger partial charge in [-0.2, -0.15) is 0 Å². The van der Waals surface area contributed by atoms with Crippen LogP contribution < -0.4 is 10.9 Å². The van der Waals surface area contributed by atoms with E-state index in [0.717, 1.165) is 18.8 Å². The molecule has 5 heteroatoms. The van der Waals surface area contributed by atoms with Gasteiger partial charge in [-0.15, -0.1) is 0 Å². The second-order valence-corrected chi connectivity index (χ2v) is 6.34. The number of amides is 2. The first-order chi connectivity index (χ1) is 10.6. The molecule has 1 saturated carbocycles. The minimum atomic E-state index is -0.336. The monoisotopic (exact) mass is 322 g/mol. The number of hydrazine groups is 1. The van der Waals surface area contributed by atoms with E-state index in [2.05, 4.69) is 10.9 Å². The molecule has 0 aliphatic heterocycles. The third-order valence-electron chi connectivity index (χ3n) is 4.16. The smallest absolute Gasteiger partial charge is 0.269 e. The molecule has 4 nitrogen and oxygen atoms in total. The average Bonchev–Trinajstić information content (AvgIpc) is 2.54. The number of hydrogen-bond acceptors (Lipinski definition) is 2. The Morgan fingerprint density at radius 1 is 1.05 bits per heavy atom. The number of nitrogens with one attached hydrogen (secondary N) is 2. The van der Waals surface area contributed by atoms with E-state index in [4.69, 9.17) is 11.6 Å². The molecule has 1 fully saturated rings. The van der Waals surface area contributed by atoms with Crippen LogP contribution in [0.2, 0.25) is 5.02 Å². The number of halogens is 1. The third kappa shape index (κ3) is 5.68. The van der Waals surface area contributed by atoms with Crippen molar-refractivity contribution in [3.8, 4) is 0 Å². The van der Waals surface area contributed by atoms with Gasteiger partial charge in [0.1, 0.15) is 0 Å². The Hall–Kier alpha value is -1.55. The molecule has 0 radical (unpaired) electrons. The van der Waals surface area contributed by atoms with Crippen LogP contribution in [0.4, 0.5) is 0 Å². The van der Waals surface area contributed by atoms with Crippen LogP contribution in [0, 0.1) is 5.92 Å². The Kier molecular flexibility index (Phi) is 6.72. The summed E-state index contributed by atoms with van der Waals surface area (Å²) in [4.78, 5) is 23.5. The van der Waals surface area contributed by atoms with Crippen LogP contribution in [0.25, 0.3) is 0 Å². The van der Waals surface area contributed by atoms with Gasteiger partial charge < -0.3 is 0 Å². The Bertz CT molecular complexity index is 496. The zero-order chi connectivity index (χ0) is 15.8. The maximum Gasteiger partial charge on any atom is 0.269 e. The molecule has 1 aromatic rings. The highest BCUT2D eigenvalue weighted by Crippen LogP contribution is 2.27.